The minimum Gasteiger partial charge on any atom is -0.508 e. The summed E-state index contributed by atoms with van der Waals surface area (Å²) in [5.74, 6) is 0.855. The molecule has 0 spiro atoms. The summed E-state index contributed by atoms with van der Waals surface area (Å²) < 4.78 is 2.60. The van der Waals surface area contributed by atoms with E-state index in [1.807, 2.05) is 18.2 Å². The van der Waals surface area contributed by atoms with Crippen molar-refractivity contribution in [1.82, 2.24) is 0 Å². The average Bonchev–Trinajstić information content (AvgIpc) is 3.59. The second-order valence-corrected chi connectivity index (χ2v) is 16.7. The molecule has 0 bridgehead atoms. The summed E-state index contributed by atoms with van der Waals surface area (Å²) in [6.07, 6.45) is 10.7. The molecule has 0 saturated carbocycles. The van der Waals surface area contributed by atoms with Crippen molar-refractivity contribution in [3.63, 3.8) is 0 Å². The molecule has 6 aromatic rings. The number of rotatable bonds is 12. The molecule has 2 aliphatic heterocycles. The van der Waals surface area contributed by atoms with Gasteiger partial charge >= 0.3 is 0 Å². The van der Waals surface area contributed by atoms with Gasteiger partial charge in [-0.05, 0) is 115 Å². The number of benzene rings is 6. The van der Waals surface area contributed by atoms with Gasteiger partial charge in [0, 0.05) is 52.5 Å². The van der Waals surface area contributed by atoms with Crippen LogP contribution in [-0.4, -0.2) is 28.5 Å². The van der Waals surface area contributed by atoms with Gasteiger partial charge in [-0.1, -0.05) is 129 Å². The first-order valence-corrected chi connectivity index (χ1v) is 20.6. The molecule has 0 aliphatic carbocycles. The van der Waals surface area contributed by atoms with Crippen LogP contribution >= 0.6 is 11.6 Å². The Morgan fingerprint density at radius 3 is 2.05 bits per heavy atom. The molecule has 0 radical (unpaired) electrons. The second kappa shape index (κ2) is 15.6. The lowest BCUT2D eigenvalue weighted by Crippen LogP contribution is -2.36. The van der Waals surface area contributed by atoms with Crippen LogP contribution in [0.5, 0.6) is 5.75 Å². The predicted octanol–water partition coefficient (Wildman–Crippen LogP) is 12.5. The number of hydrogen-bond acceptors (Lipinski definition) is 2. The van der Waals surface area contributed by atoms with Crippen molar-refractivity contribution in [3.05, 3.63) is 196 Å². The number of hydrogen-bond donors (Lipinski definition) is 1. The zero-order chi connectivity index (χ0) is 38.9. The molecule has 0 saturated heterocycles. The van der Waals surface area contributed by atoms with Gasteiger partial charge in [0.1, 0.15) is 12.3 Å². The van der Waals surface area contributed by atoms with Gasteiger partial charge in [0.05, 0.1) is 5.41 Å². The highest BCUT2D eigenvalue weighted by atomic mass is 35.5. The molecule has 1 atom stereocenters. The van der Waals surface area contributed by atoms with E-state index >= 15 is 0 Å². The molecule has 3 nitrogen and oxygen atoms in total. The average molecular weight is 756 g/mol. The van der Waals surface area contributed by atoms with Gasteiger partial charge < -0.3 is 10.0 Å². The molecule has 0 aromatic heterocycles. The molecule has 282 valence electrons. The predicted molar refractivity (Wildman–Crippen MR) is 236 cm³/mol. The SMILES string of the molecule is CCN1C(=CC=CC2=[N+](CCC(C)C)c3ccc4ccccc4c3C2(C)Cc2ccc(O)cc2)C(Cc2ccccc2)(Cc2ccccc2)c2cc(Cl)ccc21. The highest BCUT2D eigenvalue weighted by molar-refractivity contribution is 6.30. The summed E-state index contributed by atoms with van der Waals surface area (Å²) in [7, 11) is 0. The van der Waals surface area contributed by atoms with Crippen molar-refractivity contribution in [1.29, 1.82) is 0 Å². The number of phenolic OH excluding ortho intramolecular Hbond substituents is 1. The van der Waals surface area contributed by atoms with Crippen LogP contribution in [0.4, 0.5) is 11.4 Å². The van der Waals surface area contributed by atoms with Crippen molar-refractivity contribution in [2.24, 2.45) is 5.92 Å². The van der Waals surface area contributed by atoms with Gasteiger partial charge in [0.2, 0.25) is 5.69 Å². The maximum atomic E-state index is 10.2. The first kappa shape index (κ1) is 37.5. The zero-order valence-corrected chi connectivity index (χ0v) is 33.8. The number of allylic oxidation sites excluding steroid dienone is 4. The molecule has 2 heterocycles. The van der Waals surface area contributed by atoms with Crippen LogP contribution in [0.15, 0.2) is 163 Å². The molecule has 8 rings (SSSR count). The molecule has 1 N–H and O–H groups in total. The Kier molecular flexibility index (Phi) is 10.5. The fourth-order valence-corrected chi connectivity index (χ4v) is 9.69. The normalized spacial score (nSPS) is 18.1. The summed E-state index contributed by atoms with van der Waals surface area (Å²) in [5.41, 5.74) is 10.9. The minimum absolute atomic E-state index is 0.291. The highest BCUT2D eigenvalue weighted by Crippen LogP contribution is 2.53. The molecule has 0 fully saturated rings. The number of phenols is 1. The van der Waals surface area contributed by atoms with Crippen LogP contribution in [-0.2, 0) is 30.1 Å². The highest BCUT2D eigenvalue weighted by Gasteiger charge is 2.50. The van der Waals surface area contributed by atoms with Gasteiger partial charge in [0.25, 0.3) is 0 Å². The van der Waals surface area contributed by atoms with E-state index in [1.54, 1.807) is 0 Å². The standard InChI is InChI=1S/C52H51ClN2O/c1-5-54-46-30-26-42(53)33-45(46)52(35-38-15-8-6-9-16-38,36-39-17-10-7-11-18-39)49(54)22-14-21-48-51(4,34-40-23-27-43(56)28-24-40)50-44-20-13-12-19-41(44)25-29-47(50)55(48)32-31-37(2)3/h6-30,33,37H,5,31-32,34-36H2,1-4H3/p+1. The van der Waals surface area contributed by atoms with E-state index in [4.69, 9.17) is 11.6 Å². The van der Waals surface area contributed by atoms with Gasteiger partial charge in [-0.2, -0.15) is 4.58 Å². The van der Waals surface area contributed by atoms with Gasteiger partial charge in [-0.3, -0.25) is 0 Å². The van der Waals surface area contributed by atoms with Crippen LogP contribution in [0, 0.1) is 5.92 Å². The summed E-state index contributed by atoms with van der Waals surface area (Å²) in [6, 6.07) is 49.6. The molecule has 4 heteroatoms. The number of halogens is 1. The third-order valence-corrected chi connectivity index (χ3v) is 12.3. The fourth-order valence-electron chi connectivity index (χ4n) is 9.52. The van der Waals surface area contributed by atoms with Crippen LogP contribution in [0.1, 0.15) is 61.9 Å². The van der Waals surface area contributed by atoms with Crippen molar-refractivity contribution in [3.8, 4) is 5.75 Å². The molecule has 56 heavy (non-hydrogen) atoms. The molecular formula is C52H52ClN2O+. The smallest absolute Gasteiger partial charge is 0.210 e. The monoisotopic (exact) mass is 755 g/mol. The van der Waals surface area contributed by atoms with Crippen molar-refractivity contribution >= 4 is 39.5 Å². The van der Waals surface area contributed by atoms with E-state index in [0.29, 0.717) is 11.7 Å². The summed E-state index contributed by atoms with van der Waals surface area (Å²) in [6.45, 7) is 11.1. The number of nitrogens with zero attached hydrogens (tertiary/aromatic N) is 2. The van der Waals surface area contributed by atoms with E-state index < -0.39 is 0 Å². The van der Waals surface area contributed by atoms with Gasteiger partial charge in [0.15, 0.2) is 5.71 Å². The van der Waals surface area contributed by atoms with Crippen LogP contribution < -0.4 is 4.90 Å². The largest absolute Gasteiger partial charge is 0.508 e. The number of fused-ring (bicyclic) bond motifs is 4. The Balaban J connectivity index is 1.33. The van der Waals surface area contributed by atoms with Crippen molar-refractivity contribution in [2.45, 2.75) is 64.2 Å². The third-order valence-electron chi connectivity index (χ3n) is 12.1. The number of aromatic hydroxyl groups is 1. The maximum absolute atomic E-state index is 10.2. The van der Waals surface area contributed by atoms with Crippen LogP contribution in [0.3, 0.4) is 0 Å². The minimum atomic E-state index is -0.352. The van der Waals surface area contributed by atoms with Crippen LogP contribution in [0.2, 0.25) is 5.02 Å². The second-order valence-electron chi connectivity index (χ2n) is 16.3. The first-order valence-electron chi connectivity index (χ1n) is 20.2. The number of anilines is 1. The Bertz CT molecular complexity index is 2400. The van der Waals surface area contributed by atoms with E-state index in [2.05, 4.69) is 177 Å². The van der Waals surface area contributed by atoms with Crippen molar-refractivity contribution in [2.75, 3.05) is 18.0 Å². The van der Waals surface area contributed by atoms with Gasteiger partial charge in [-0.15, -0.1) is 0 Å². The molecular weight excluding hydrogens is 704 g/mol. The molecule has 1 unspecified atom stereocenters. The van der Waals surface area contributed by atoms with E-state index in [0.717, 1.165) is 43.8 Å². The Hall–Kier alpha value is -5.38. The van der Waals surface area contributed by atoms with Crippen LogP contribution in [0.25, 0.3) is 10.8 Å². The Labute approximate surface area is 337 Å². The lowest BCUT2D eigenvalue weighted by Gasteiger charge is -2.34. The molecule has 2 aliphatic rings. The van der Waals surface area contributed by atoms with E-state index in [-0.39, 0.29) is 10.8 Å². The fraction of sp³-hybridized carbons (Fsp3) is 0.250. The Morgan fingerprint density at radius 1 is 0.750 bits per heavy atom. The molecule has 0 amide bonds. The van der Waals surface area contributed by atoms with E-state index in [9.17, 15) is 5.11 Å². The van der Waals surface area contributed by atoms with Crippen molar-refractivity contribution < 1.29 is 9.68 Å². The summed E-state index contributed by atoms with van der Waals surface area (Å²) in [4.78, 5) is 2.51. The summed E-state index contributed by atoms with van der Waals surface area (Å²) in [5, 5.41) is 13.5. The van der Waals surface area contributed by atoms with E-state index in [1.165, 1.54) is 61.4 Å². The zero-order valence-electron chi connectivity index (χ0n) is 33.1. The quantitative estimate of drug-likeness (QED) is 0.126. The lowest BCUT2D eigenvalue weighted by molar-refractivity contribution is -0.439. The first-order chi connectivity index (χ1) is 27.2. The van der Waals surface area contributed by atoms with Gasteiger partial charge in [-0.25, -0.2) is 0 Å². The number of likely N-dealkylation sites (N-methyl/N-ethyl adjacent to an activating group) is 1. The Morgan fingerprint density at radius 2 is 1.39 bits per heavy atom. The molecule has 6 aromatic carbocycles. The lowest BCUT2D eigenvalue weighted by atomic mass is 9.70. The topological polar surface area (TPSA) is 26.5 Å². The maximum Gasteiger partial charge on any atom is 0.210 e. The third kappa shape index (κ3) is 6.99. The summed E-state index contributed by atoms with van der Waals surface area (Å²) >= 11 is 6.87.